The predicted octanol–water partition coefficient (Wildman–Crippen LogP) is 3.04. The maximum Gasteiger partial charge on any atom is 0.417 e. The lowest BCUT2D eigenvalue weighted by molar-refractivity contribution is -0.169. The van der Waals surface area contributed by atoms with E-state index in [4.69, 9.17) is 37.8 Å². The molecule has 156 valence electrons. The molecule has 1 unspecified atom stereocenters. The van der Waals surface area contributed by atoms with Gasteiger partial charge in [-0.2, -0.15) is 0 Å². The first kappa shape index (κ1) is 21.4. The van der Waals surface area contributed by atoms with E-state index in [0.717, 1.165) is 25.9 Å². The molecule has 10 heteroatoms. The number of piperidine rings is 1. The van der Waals surface area contributed by atoms with Crippen LogP contribution in [0.2, 0.25) is 10.0 Å². The summed E-state index contributed by atoms with van der Waals surface area (Å²) in [4.78, 5) is 24.5. The van der Waals surface area contributed by atoms with Crippen LogP contribution in [0.15, 0.2) is 30.5 Å². The van der Waals surface area contributed by atoms with Crippen LogP contribution in [0.1, 0.15) is 19.3 Å². The Balaban J connectivity index is 1.63. The molecule has 29 heavy (non-hydrogen) atoms. The summed E-state index contributed by atoms with van der Waals surface area (Å²) in [5, 5.41) is 14.0. The molecule has 1 N–H and O–H groups in total. The minimum absolute atomic E-state index is 0.00604. The summed E-state index contributed by atoms with van der Waals surface area (Å²) in [5.41, 5.74) is 0.705. The standard InChI is InChI=1S/C19H21Cl2N3O5/c20-15-5-4-13(10-16(15)21)24-9-6-17(22-24)28-12-14(29-19(27)18(25)26)11-23-7-2-1-3-8-23/h4-6,9-10,14H,1-3,7-8,11-12H2,(H,25,26). The molecule has 1 aliphatic heterocycles. The third-order valence-electron chi connectivity index (χ3n) is 4.51. The quantitative estimate of drug-likeness (QED) is 0.521. The van der Waals surface area contributed by atoms with Gasteiger partial charge in [0, 0.05) is 18.8 Å². The van der Waals surface area contributed by atoms with Crippen LogP contribution in [0.5, 0.6) is 5.88 Å². The van der Waals surface area contributed by atoms with E-state index in [-0.39, 0.29) is 6.61 Å². The summed E-state index contributed by atoms with van der Waals surface area (Å²) in [5.74, 6) is -2.61. The molecule has 0 radical (unpaired) electrons. The molecule has 0 spiro atoms. The van der Waals surface area contributed by atoms with E-state index in [1.54, 1.807) is 35.1 Å². The molecule has 1 aromatic heterocycles. The number of halogens is 2. The average Bonchev–Trinajstić information content (AvgIpc) is 3.18. The van der Waals surface area contributed by atoms with Crippen LogP contribution >= 0.6 is 23.2 Å². The molecule has 1 aliphatic rings. The minimum Gasteiger partial charge on any atom is -0.473 e. The topological polar surface area (TPSA) is 93.9 Å². The Morgan fingerprint density at radius 3 is 2.59 bits per heavy atom. The smallest absolute Gasteiger partial charge is 0.417 e. The van der Waals surface area contributed by atoms with Gasteiger partial charge in [-0.3, -0.25) is 4.90 Å². The van der Waals surface area contributed by atoms with Crippen LogP contribution in [-0.4, -0.2) is 64.1 Å². The number of ether oxygens (including phenoxy) is 2. The number of carbonyl (C=O) groups is 2. The number of rotatable bonds is 7. The first-order chi connectivity index (χ1) is 13.9. The van der Waals surface area contributed by atoms with E-state index in [9.17, 15) is 9.59 Å². The Kier molecular flexibility index (Phi) is 7.35. The number of benzene rings is 1. The summed E-state index contributed by atoms with van der Waals surface area (Å²) in [6.45, 7) is 2.17. The maximum atomic E-state index is 11.5. The second-order valence-corrected chi connectivity index (χ2v) is 7.52. The normalized spacial score (nSPS) is 15.7. The van der Waals surface area contributed by atoms with Crippen molar-refractivity contribution in [1.29, 1.82) is 0 Å². The molecule has 2 aromatic rings. The van der Waals surface area contributed by atoms with E-state index in [1.807, 2.05) is 0 Å². The largest absolute Gasteiger partial charge is 0.473 e. The Morgan fingerprint density at radius 2 is 1.90 bits per heavy atom. The van der Waals surface area contributed by atoms with E-state index in [0.29, 0.717) is 28.2 Å². The summed E-state index contributed by atoms with van der Waals surface area (Å²) in [6.07, 6.45) is 4.27. The Hall–Kier alpha value is -2.29. The zero-order valence-corrected chi connectivity index (χ0v) is 17.1. The Labute approximate surface area is 177 Å². The van der Waals surface area contributed by atoms with Crippen molar-refractivity contribution in [3.8, 4) is 11.6 Å². The summed E-state index contributed by atoms with van der Waals surface area (Å²) >= 11 is 12.0. The fourth-order valence-electron chi connectivity index (χ4n) is 3.09. The maximum absolute atomic E-state index is 11.5. The molecule has 2 heterocycles. The average molecular weight is 442 g/mol. The molecule has 0 bridgehead atoms. The molecular weight excluding hydrogens is 421 g/mol. The number of nitrogens with zero attached hydrogens (tertiary/aromatic N) is 3. The first-order valence-corrected chi connectivity index (χ1v) is 9.98. The van der Waals surface area contributed by atoms with Gasteiger partial charge in [0.05, 0.1) is 15.7 Å². The number of hydrogen-bond donors (Lipinski definition) is 1. The van der Waals surface area contributed by atoms with Gasteiger partial charge in [-0.1, -0.05) is 29.6 Å². The van der Waals surface area contributed by atoms with Crippen molar-refractivity contribution in [2.75, 3.05) is 26.2 Å². The molecular formula is C19H21Cl2N3O5. The minimum atomic E-state index is -1.63. The molecule has 0 aliphatic carbocycles. The van der Waals surface area contributed by atoms with Crippen molar-refractivity contribution in [1.82, 2.24) is 14.7 Å². The second kappa shape index (κ2) is 9.96. The van der Waals surface area contributed by atoms with Crippen molar-refractivity contribution in [3.05, 3.63) is 40.5 Å². The van der Waals surface area contributed by atoms with Crippen molar-refractivity contribution >= 4 is 35.1 Å². The number of aliphatic carboxylic acids is 1. The summed E-state index contributed by atoms with van der Waals surface area (Å²) in [7, 11) is 0. The third kappa shape index (κ3) is 6.09. The van der Waals surface area contributed by atoms with Gasteiger partial charge in [-0.05, 0) is 44.1 Å². The number of esters is 1. The number of carbonyl (C=O) groups excluding carboxylic acids is 1. The van der Waals surface area contributed by atoms with Gasteiger partial charge in [-0.15, -0.1) is 5.10 Å². The van der Waals surface area contributed by atoms with Crippen molar-refractivity contribution < 1.29 is 24.2 Å². The highest BCUT2D eigenvalue weighted by atomic mass is 35.5. The molecule has 0 amide bonds. The monoisotopic (exact) mass is 441 g/mol. The Bertz CT molecular complexity index is 867. The summed E-state index contributed by atoms with van der Waals surface area (Å²) in [6, 6.07) is 6.76. The van der Waals surface area contributed by atoms with Crippen molar-refractivity contribution in [2.24, 2.45) is 0 Å². The van der Waals surface area contributed by atoms with Gasteiger partial charge >= 0.3 is 11.9 Å². The van der Waals surface area contributed by atoms with E-state index >= 15 is 0 Å². The van der Waals surface area contributed by atoms with E-state index in [1.165, 1.54) is 6.42 Å². The van der Waals surface area contributed by atoms with E-state index in [2.05, 4.69) is 10.00 Å². The third-order valence-corrected chi connectivity index (χ3v) is 5.25. The second-order valence-electron chi connectivity index (χ2n) is 6.70. The highest BCUT2D eigenvalue weighted by Crippen LogP contribution is 2.24. The lowest BCUT2D eigenvalue weighted by Crippen LogP contribution is -2.41. The van der Waals surface area contributed by atoms with Crippen LogP contribution in [0.3, 0.4) is 0 Å². The number of hydrogen-bond acceptors (Lipinski definition) is 6. The lowest BCUT2D eigenvalue weighted by atomic mass is 10.1. The lowest BCUT2D eigenvalue weighted by Gasteiger charge is -2.29. The molecule has 1 aromatic carbocycles. The highest BCUT2D eigenvalue weighted by Gasteiger charge is 2.24. The van der Waals surface area contributed by atoms with Crippen LogP contribution in [0.4, 0.5) is 0 Å². The van der Waals surface area contributed by atoms with Gasteiger partial charge in [-0.25, -0.2) is 14.3 Å². The number of aromatic nitrogens is 2. The van der Waals surface area contributed by atoms with Gasteiger partial charge in [0.25, 0.3) is 0 Å². The van der Waals surface area contributed by atoms with Crippen molar-refractivity contribution in [3.63, 3.8) is 0 Å². The fourth-order valence-corrected chi connectivity index (χ4v) is 3.38. The first-order valence-electron chi connectivity index (χ1n) is 9.22. The molecule has 3 rings (SSSR count). The Morgan fingerprint density at radius 1 is 1.14 bits per heavy atom. The van der Waals surface area contributed by atoms with Crippen LogP contribution in [0, 0.1) is 0 Å². The number of carboxylic acids is 1. The van der Waals surface area contributed by atoms with Gasteiger partial charge < -0.3 is 14.6 Å². The van der Waals surface area contributed by atoms with E-state index < -0.39 is 18.0 Å². The number of likely N-dealkylation sites (tertiary alicyclic amines) is 1. The van der Waals surface area contributed by atoms with Crippen LogP contribution < -0.4 is 4.74 Å². The molecule has 8 nitrogen and oxygen atoms in total. The number of carboxylic acid groups (broad SMARTS) is 1. The fraction of sp³-hybridized carbons (Fsp3) is 0.421. The summed E-state index contributed by atoms with van der Waals surface area (Å²) < 4.78 is 12.3. The molecule has 1 atom stereocenters. The zero-order chi connectivity index (χ0) is 20.8. The molecule has 0 saturated carbocycles. The van der Waals surface area contributed by atoms with Gasteiger partial charge in [0.15, 0.2) is 0 Å². The SMILES string of the molecule is O=C(O)C(=O)OC(COc1ccn(-c2ccc(Cl)c(Cl)c2)n1)CN1CCCCC1. The van der Waals surface area contributed by atoms with Gasteiger partial charge in [0.2, 0.25) is 5.88 Å². The van der Waals surface area contributed by atoms with Crippen LogP contribution in [0.25, 0.3) is 5.69 Å². The predicted molar refractivity (Wildman–Crippen MR) is 107 cm³/mol. The van der Waals surface area contributed by atoms with Crippen molar-refractivity contribution in [2.45, 2.75) is 25.4 Å². The molecule has 1 fully saturated rings. The molecule has 1 saturated heterocycles. The van der Waals surface area contributed by atoms with Crippen LogP contribution in [-0.2, 0) is 14.3 Å². The highest BCUT2D eigenvalue weighted by molar-refractivity contribution is 6.42. The van der Waals surface area contributed by atoms with Gasteiger partial charge in [0.1, 0.15) is 12.7 Å². The zero-order valence-electron chi connectivity index (χ0n) is 15.6.